The van der Waals surface area contributed by atoms with Crippen molar-refractivity contribution >= 4 is 45.1 Å². The van der Waals surface area contributed by atoms with Crippen molar-refractivity contribution in [2.45, 2.75) is 27.2 Å². The van der Waals surface area contributed by atoms with E-state index in [0.717, 1.165) is 22.5 Å². The average molecular weight is 445 g/mol. The summed E-state index contributed by atoms with van der Waals surface area (Å²) in [6.07, 6.45) is 0.657. The van der Waals surface area contributed by atoms with Gasteiger partial charge in [-0.05, 0) is 37.4 Å². The van der Waals surface area contributed by atoms with Crippen LogP contribution in [0.4, 0.5) is 10.6 Å². The lowest BCUT2D eigenvalue weighted by Crippen LogP contribution is -2.49. The van der Waals surface area contributed by atoms with Crippen LogP contribution in [-0.4, -0.2) is 53.7 Å². The SMILES string of the molecule is CCOC(=O)N1CCN(c2nc(Cl)nc3sc(CC)c(-c4ccc(C)cc4)c23)CC1. The van der Waals surface area contributed by atoms with Crippen LogP contribution in [0.5, 0.6) is 0 Å². The van der Waals surface area contributed by atoms with Gasteiger partial charge in [-0.3, -0.25) is 0 Å². The number of anilines is 1. The van der Waals surface area contributed by atoms with Gasteiger partial charge in [-0.25, -0.2) is 9.78 Å². The van der Waals surface area contributed by atoms with Crippen molar-refractivity contribution in [3.63, 3.8) is 0 Å². The zero-order chi connectivity index (χ0) is 21.3. The van der Waals surface area contributed by atoms with Crippen LogP contribution in [-0.2, 0) is 11.2 Å². The van der Waals surface area contributed by atoms with Crippen LogP contribution in [0.25, 0.3) is 21.3 Å². The lowest BCUT2D eigenvalue weighted by Gasteiger charge is -2.35. The highest BCUT2D eigenvalue weighted by Gasteiger charge is 2.27. The van der Waals surface area contributed by atoms with Crippen molar-refractivity contribution in [2.24, 2.45) is 0 Å². The Labute approximate surface area is 185 Å². The van der Waals surface area contributed by atoms with E-state index in [9.17, 15) is 4.79 Å². The molecule has 6 nitrogen and oxygen atoms in total. The standard InChI is InChI=1S/C22H25ClN4O2S/c1-4-16-17(15-8-6-14(3)7-9-15)18-19(24-21(23)25-20(18)30-16)26-10-12-27(13-11-26)22(28)29-5-2/h6-9H,4-5,10-13H2,1-3H3. The number of ether oxygens (including phenoxy) is 1. The summed E-state index contributed by atoms with van der Waals surface area (Å²) in [6.45, 7) is 8.98. The van der Waals surface area contributed by atoms with Crippen LogP contribution in [0, 0.1) is 6.92 Å². The second kappa shape index (κ2) is 8.78. The summed E-state index contributed by atoms with van der Waals surface area (Å²) in [5.41, 5.74) is 3.59. The summed E-state index contributed by atoms with van der Waals surface area (Å²) in [6, 6.07) is 8.58. The zero-order valence-electron chi connectivity index (χ0n) is 17.4. The van der Waals surface area contributed by atoms with E-state index in [2.05, 4.69) is 53.0 Å². The molecule has 0 atom stereocenters. The maximum Gasteiger partial charge on any atom is 0.409 e. The molecule has 0 spiro atoms. The number of carbonyl (C=O) groups excluding carboxylic acids is 1. The molecule has 1 fully saturated rings. The van der Waals surface area contributed by atoms with E-state index in [1.807, 2.05) is 6.92 Å². The first-order valence-electron chi connectivity index (χ1n) is 10.2. The molecule has 0 aliphatic carbocycles. The number of halogens is 1. The molecule has 0 N–H and O–H groups in total. The molecule has 1 aliphatic rings. The normalized spacial score (nSPS) is 14.4. The molecular formula is C22H25ClN4O2S. The van der Waals surface area contributed by atoms with Crippen LogP contribution in [0.2, 0.25) is 5.28 Å². The van der Waals surface area contributed by atoms with Gasteiger partial charge in [0.2, 0.25) is 5.28 Å². The van der Waals surface area contributed by atoms with Gasteiger partial charge in [0.15, 0.2) is 0 Å². The van der Waals surface area contributed by atoms with Gasteiger partial charge >= 0.3 is 6.09 Å². The Morgan fingerprint density at radius 2 is 1.83 bits per heavy atom. The minimum atomic E-state index is -0.257. The minimum absolute atomic E-state index is 0.254. The summed E-state index contributed by atoms with van der Waals surface area (Å²) in [7, 11) is 0. The molecule has 0 bridgehead atoms. The number of carbonyl (C=O) groups is 1. The first kappa shape index (κ1) is 20.9. The van der Waals surface area contributed by atoms with E-state index < -0.39 is 0 Å². The molecule has 1 aliphatic heterocycles. The van der Waals surface area contributed by atoms with Gasteiger partial charge < -0.3 is 14.5 Å². The highest BCUT2D eigenvalue weighted by molar-refractivity contribution is 7.19. The summed E-state index contributed by atoms with van der Waals surface area (Å²) < 4.78 is 5.14. The van der Waals surface area contributed by atoms with Crippen molar-refractivity contribution in [1.29, 1.82) is 0 Å². The summed E-state index contributed by atoms with van der Waals surface area (Å²) in [5, 5.41) is 1.30. The molecule has 1 aromatic carbocycles. The highest BCUT2D eigenvalue weighted by atomic mass is 35.5. The van der Waals surface area contributed by atoms with Crippen molar-refractivity contribution in [2.75, 3.05) is 37.7 Å². The number of amides is 1. The maximum absolute atomic E-state index is 12.1. The molecule has 8 heteroatoms. The Hall–Kier alpha value is -2.38. The monoisotopic (exact) mass is 444 g/mol. The largest absolute Gasteiger partial charge is 0.450 e. The van der Waals surface area contributed by atoms with E-state index in [-0.39, 0.29) is 11.4 Å². The number of thiophene rings is 1. The van der Waals surface area contributed by atoms with Gasteiger partial charge in [0.1, 0.15) is 10.6 Å². The van der Waals surface area contributed by atoms with Crippen molar-refractivity contribution in [1.82, 2.24) is 14.9 Å². The van der Waals surface area contributed by atoms with E-state index in [1.165, 1.54) is 21.6 Å². The third-order valence-electron chi connectivity index (χ3n) is 5.34. The number of rotatable bonds is 4. The second-order valence-electron chi connectivity index (χ2n) is 7.29. The van der Waals surface area contributed by atoms with E-state index >= 15 is 0 Å². The van der Waals surface area contributed by atoms with E-state index in [4.69, 9.17) is 16.3 Å². The Kier molecular flexibility index (Phi) is 6.11. The Balaban J connectivity index is 1.76. The van der Waals surface area contributed by atoms with Crippen LogP contribution in [0.3, 0.4) is 0 Å². The summed E-state index contributed by atoms with van der Waals surface area (Å²) in [5.74, 6) is 0.847. The maximum atomic E-state index is 12.1. The molecule has 4 rings (SSSR count). The van der Waals surface area contributed by atoms with Gasteiger partial charge in [-0.15, -0.1) is 11.3 Å². The van der Waals surface area contributed by atoms with Crippen LogP contribution < -0.4 is 4.90 Å². The molecule has 3 aromatic rings. The topological polar surface area (TPSA) is 58.6 Å². The van der Waals surface area contributed by atoms with E-state index in [1.54, 1.807) is 16.2 Å². The lowest BCUT2D eigenvalue weighted by molar-refractivity contribution is 0.105. The molecule has 1 saturated heterocycles. The van der Waals surface area contributed by atoms with Gasteiger partial charge in [0, 0.05) is 36.6 Å². The number of hydrogen-bond acceptors (Lipinski definition) is 6. The smallest absolute Gasteiger partial charge is 0.409 e. The fourth-order valence-corrected chi connectivity index (χ4v) is 5.16. The Morgan fingerprint density at radius 1 is 1.13 bits per heavy atom. The number of piperazine rings is 1. The van der Waals surface area contributed by atoms with Gasteiger partial charge in [-0.1, -0.05) is 36.8 Å². The van der Waals surface area contributed by atoms with Crippen LogP contribution in [0.1, 0.15) is 24.3 Å². The predicted octanol–water partition coefficient (Wildman–Crippen LogP) is 5.16. The molecule has 0 radical (unpaired) electrons. The summed E-state index contributed by atoms with van der Waals surface area (Å²) in [4.78, 5) is 27.4. The van der Waals surface area contributed by atoms with Crippen molar-refractivity contribution in [3.05, 3.63) is 40.0 Å². The van der Waals surface area contributed by atoms with Crippen molar-refractivity contribution in [3.8, 4) is 11.1 Å². The summed E-state index contributed by atoms with van der Waals surface area (Å²) >= 11 is 7.99. The fourth-order valence-electron chi connectivity index (χ4n) is 3.82. The Bertz CT molecular complexity index is 1060. The predicted molar refractivity (Wildman–Crippen MR) is 123 cm³/mol. The number of hydrogen-bond donors (Lipinski definition) is 0. The van der Waals surface area contributed by atoms with E-state index in [0.29, 0.717) is 32.8 Å². The molecule has 3 heterocycles. The van der Waals surface area contributed by atoms with Crippen LogP contribution >= 0.6 is 22.9 Å². The van der Waals surface area contributed by atoms with Gasteiger partial charge in [0.25, 0.3) is 0 Å². The number of aryl methyl sites for hydroxylation is 2. The first-order chi connectivity index (χ1) is 14.5. The highest BCUT2D eigenvalue weighted by Crippen LogP contribution is 2.43. The molecule has 158 valence electrons. The molecular weight excluding hydrogens is 420 g/mol. The number of aromatic nitrogens is 2. The quantitative estimate of drug-likeness (QED) is 0.520. The number of benzene rings is 1. The molecule has 30 heavy (non-hydrogen) atoms. The molecule has 0 unspecified atom stereocenters. The third kappa shape index (κ3) is 3.96. The first-order valence-corrected chi connectivity index (χ1v) is 11.4. The number of fused-ring (bicyclic) bond motifs is 1. The Morgan fingerprint density at radius 3 is 2.47 bits per heavy atom. The second-order valence-corrected chi connectivity index (χ2v) is 8.71. The van der Waals surface area contributed by atoms with Gasteiger partial charge in [-0.2, -0.15) is 4.98 Å². The average Bonchev–Trinajstić information content (AvgIpc) is 3.12. The van der Waals surface area contributed by atoms with Gasteiger partial charge in [0.05, 0.1) is 12.0 Å². The lowest BCUT2D eigenvalue weighted by atomic mass is 10.0. The zero-order valence-corrected chi connectivity index (χ0v) is 19.0. The molecule has 0 saturated carbocycles. The third-order valence-corrected chi connectivity index (χ3v) is 6.74. The minimum Gasteiger partial charge on any atom is -0.450 e. The molecule has 2 aromatic heterocycles. The van der Waals surface area contributed by atoms with Crippen LogP contribution in [0.15, 0.2) is 24.3 Å². The number of nitrogens with zero attached hydrogens (tertiary/aromatic N) is 4. The van der Waals surface area contributed by atoms with Crippen molar-refractivity contribution < 1.29 is 9.53 Å². The fraction of sp³-hybridized carbons (Fsp3) is 0.409. The molecule has 1 amide bonds.